The highest BCUT2D eigenvalue weighted by atomic mass is 19.1. The van der Waals surface area contributed by atoms with E-state index in [1.54, 1.807) is 24.1 Å². The summed E-state index contributed by atoms with van der Waals surface area (Å²) in [5, 5.41) is 2.81. The van der Waals surface area contributed by atoms with Crippen molar-refractivity contribution in [2.24, 2.45) is 5.92 Å². The van der Waals surface area contributed by atoms with Gasteiger partial charge in [0.15, 0.2) is 0 Å². The number of carbonyl (C=O) groups excluding carboxylic acids is 2. The number of nitrogens with zero attached hydrogens (tertiary/aromatic N) is 2. The molecule has 7 heteroatoms. The van der Waals surface area contributed by atoms with E-state index in [1.807, 2.05) is 45.0 Å². The number of amides is 2. The molecule has 0 aliphatic rings. The van der Waals surface area contributed by atoms with Crippen LogP contribution in [-0.2, 0) is 16.1 Å². The summed E-state index contributed by atoms with van der Waals surface area (Å²) in [7, 11) is 5.45. The van der Waals surface area contributed by atoms with Gasteiger partial charge in [-0.1, -0.05) is 19.9 Å². The van der Waals surface area contributed by atoms with E-state index in [4.69, 9.17) is 4.74 Å². The third-order valence-electron chi connectivity index (χ3n) is 4.64. The molecule has 2 rings (SSSR count). The van der Waals surface area contributed by atoms with Crippen LogP contribution in [0.1, 0.15) is 29.8 Å². The predicted molar refractivity (Wildman–Crippen MR) is 117 cm³/mol. The van der Waals surface area contributed by atoms with E-state index in [0.717, 1.165) is 11.3 Å². The topological polar surface area (TPSA) is 61.9 Å². The van der Waals surface area contributed by atoms with E-state index in [0.29, 0.717) is 25.4 Å². The minimum Gasteiger partial charge on any atom is -0.383 e. The summed E-state index contributed by atoms with van der Waals surface area (Å²) in [4.78, 5) is 28.9. The summed E-state index contributed by atoms with van der Waals surface area (Å²) in [6, 6.07) is 11.1. The monoisotopic (exact) mass is 415 g/mol. The maximum absolute atomic E-state index is 13.4. The Morgan fingerprint density at radius 2 is 1.87 bits per heavy atom. The van der Waals surface area contributed by atoms with Crippen molar-refractivity contribution in [1.29, 1.82) is 0 Å². The standard InChI is InChI=1S/C23H30FN3O3/c1-16(2)23(29)27(11-12-30-5)15-18-14-20(9-10-21(18)26(3)4)25-22(28)17-7-6-8-19(24)13-17/h6-10,13-14,16H,11-12,15H2,1-5H3,(H,25,28). The Kier molecular flexibility index (Phi) is 8.35. The van der Waals surface area contributed by atoms with Crippen LogP contribution < -0.4 is 10.2 Å². The molecule has 0 radical (unpaired) electrons. The van der Waals surface area contributed by atoms with Gasteiger partial charge in [-0.05, 0) is 42.0 Å². The Morgan fingerprint density at radius 3 is 2.47 bits per heavy atom. The van der Waals surface area contributed by atoms with Gasteiger partial charge in [-0.2, -0.15) is 0 Å². The van der Waals surface area contributed by atoms with Crippen LogP contribution in [0.3, 0.4) is 0 Å². The van der Waals surface area contributed by atoms with Crippen LogP contribution in [0.25, 0.3) is 0 Å². The van der Waals surface area contributed by atoms with E-state index in [2.05, 4.69) is 5.32 Å². The molecule has 0 fully saturated rings. The van der Waals surface area contributed by atoms with Crippen LogP contribution >= 0.6 is 0 Å². The van der Waals surface area contributed by atoms with Gasteiger partial charge in [0.25, 0.3) is 5.91 Å². The Morgan fingerprint density at radius 1 is 1.13 bits per heavy atom. The summed E-state index contributed by atoms with van der Waals surface area (Å²) in [6.07, 6.45) is 0. The number of anilines is 2. The first kappa shape index (κ1) is 23.3. The first-order chi connectivity index (χ1) is 14.2. The molecule has 2 aromatic rings. The molecular formula is C23H30FN3O3. The maximum Gasteiger partial charge on any atom is 0.255 e. The summed E-state index contributed by atoms with van der Waals surface area (Å²) < 4.78 is 18.6. The van der Waals surface area contributed by atoms with Crippen molar-refractivity contribution in [3.63, 3.8) is 0 Å². The number of rotatable bonds is 9. The van der Waals surface area contributed by atoms with Crippen molar-refractivity contribution in [3.05, 3.63) is 59.4 Å². The maximum atomic E-state index is 13.4. The molecule has 0 bridgehead atoms. The highest BCUT2D eigenvalue weighted by molar-refractivity contribution is 6.04. The molecule has 0 aliphatic carbocycles. The summed E-state index contributed by atoms with van der Waals surface area (Å²) in [6.45, 7) is 5.03. The zero-order valence-electron chi connectivity index (χ0n) is 18.2. The second-order valence-corrected chi connectivity index (χ2v) is 7.61. The molecule has 0 saturated carbocycles. The van der Waals surface area contributed by atoms with Crippen molar-refractivity contribution in [2.45, 2.75) is 20.4 Å². The number of halogens is 1. The number of hydrogen-bond acceptors (Lipinski definition) is 4. The van der Waals surface area contributed by atoms with Crippen LogP contribution in [-0.4, -0.2) is 51.1 Å². The van der Waals surface area contributed by atoms with Crippen molar-refractivity contribution < 1.29 is 18.7 Å². The molecular weight excluding hydrogens is 385 g/mol. The minimum atomic E-state index is -0.465. The molecule has 0 aromatic heterocycles. The number of carbonyl (C=O) groups is 2. The van der Waals surface area contributed by atoms with E-state index < -0.39 is 11.7 Å². The fourth-order valence-electron chi connectivity index (χ4n) is 3.10. The molecule has 0 aliphatic heterocycles. The highest BCUT2D eigenvalue weighted by Gasteiger charge is 2.19. The zero-order chi connectivity index (χ0) is 22.3. The highest BCUT2D eigenvalue weighted by Crippen LogP contribution is 2.25. The first-order valence-electron chi connectivity index (χ1n) is 9.87. The van der Waals surface area contributed by atoms with Crippen LogP contribution in [0, 0.1) is 11.7 Å². The van der Waals surface area contributed by atoms with Gasteiger partial charge in [-0.25, -0.2) is 4.39 Å². The number of benzene rings is 2. The molecule has 0 unspecified atom stereocenters. The van der Waals surface area contributed by atoms with E-state index in [9.17, 15) is 14.0 Å². The molecule has 0 spiro atoms. The molecule has 2 aromatic carbocycles. The lowest BCUT2D eigenvalue weighted by Crippen LogP contribution is -2.36. The quantitative estimate of drug-likeness (QED) is 0.677. The second-order valence-electron chi connectivity index (χ2n) is 7.61. The van der Waals surface area contributed by atoms with Crippen molar-refractivity contribution in [3.8, 4) is 0 Å². The van der Waals surface area contributed by atoms with Gasteiger partial charge < -0.3 is 19.9 Å². The molecule has 0 heterocycles. The average molecular weight is 416 g/mol. The summed E-state index contributed by atoms with van der Waals surface area (Å²) >= 11 is 0. The SMILES string of the molecule is COCCN(Cc1cc(NC(=O)c2cccc(F)c2)ccc1N(C)C)C(=O)C(C)C. The number of ether oxygens (including phenoxy) is 1. The lowest BCUT2D eigenvalue weighted by molar-refractivity contribution is -0.135. The Bertz CT molecular complexity index is 884. The average Bonchev–Trinajstić information content (AvgIpc) is 2.70. The van der Waals surface area contributed by atoms with E-state index >= 15 is 0 Å². The predicted octanol–water partition coefficient (Wildman–Crippen LogP) is 3.78. The first-order valence-corrected chi connectivity index (χ1v) is 9.87. The normalized spacial score (nSPS) is 10.8. The lowest BCUT2D eigenvalue weighted by Gasteiger charge is -2.27. The fraction of sp³-hybridized carbons (Fsp3) is 0.391. The summed E-state index contributed by atoms with van der Waals surface area (Å²) in [5.41, 5.74) is 2.65. The van der Waals surface area contributed by atoms with Crippen LogP contribution in [0.2, 0.25) is 0 Å². The van der Waals surface area contributed by atoms with Gasteiger partial charge >= 0.3 is 0 Å². The molecule has 6 nitrogen and oxygen atoms in total. The van der Waals surface area contributed by atoms with Crippen LogP contribution in [0.15, 0.2) is 42.5 Å². The smallest absolute Gasteiger partial charge is 0.255 e. The summed E-state index contributed by atoms with van der Waals surface area (Å²) in [5.74, 6) is -0.966. The van der Waals surface area contributed by atoms with Crippen molar-refractivity contribution in [2.75, 3.05) is 44.6 Å². The van der Waals surface area contributed by atoms with Gasteiger partial charge in [-0.15, -0.1) is 0 Å². The Balaban J connectivity index is 2.30. The largest absolute Gasteiger partial charge is 0.383 e. The molecule has 0 saturated heterocycles. The van der Waals surface area contributed by atoms with Gasteiger partial charge in [-0.3, -0.25) is 9.59 Å². The second kappa shape index (κ2) is 10.7. The van der Waals surface area contributed by atoms with E-state index in [-0.39, 0.29) is 17.4 Å². The molecule has 30 heavy (non-hydrogen) atoms. The van der Waals surface area contributed by atoms with Crippen molar-refractivity contribution in [1.82, 2.24) is 4.90 Å². The number of nitrogens with one attached hydrogen (secondary N) is 1. The van der Waals surface area contributed by atoms with Gasteiger partial charge in [0.2, 0.25) is 5.91 Å². The molecule has 162 valence electrons. The molecule has 1 N–H and O–H groups in total. The van der Waals surface area contributed by atoms with Crippen molar-refractivity contribution >= 4 is 23.2 Å². The Labute approximate surface area is 177 Å². The van der Waals surface area contributed by atoms with Gasteiger partial charge in [0, 0.05) is 57.2 Å². The number of methoxy groups -OCH3 is 1. The molecule has 2 amide bonds. The third-order valence-corrected chi connectivity index (χ3v) is 4.64. The van der Waals surface area contributed by atoms with Gasteiger partial charge in [0.1, 0.15) is 5.82 Å². The fourth-order valence-corrected chi connectivity index (χ4v) is 3.10. The van der Waals surface area contributed by atoms with E-state index in [1.165, 1.54) is 18.2 Å². The number of hydrogen-bond donors (Lipinski definition) is 1. The van der Waals surface area contributed by atoms with Gasteiger partial charge in [0.05, 0.1) is 6.61 Å². The van der Waals surface area contributed by atoms with Crippen LogP contribution in [0.4, 0.5) is 15.8 Å². The minimum absolute atomic E-state index is 0.0333. The third kappa shape index (κ3) is 6.29. The Hall–Kier alpha value is -2.93. The lowest BCUT2D eigenvalue weighted by atomic mass is 10.1. The zero-order valence-corrected chi connectivity index (χ0v) is 18.2. The van der Waals surface area contributed by atoms with Crippen LogP contribution in [0.5, 0.6) is 0 Å². The molecule has 0 atom stereocenters.